The van der Waals surface area contributed by atoms with Crippen LogP contribution in [0.3, 0.4) is 0 Å². The summed E-state index contributed by atoms with van der Waals surface area (Å²) in [6.45, 7) is 15.4. The number of carbonyl (C=O) groups is 10. The molecule has 3 fully saturated rings. The van der Waals surface area contributed by atoms with Gasteiger partial charge in [0.05, 0.1) is 17.6 Å². The highest BCUT2D eigenvalue weighted by molar-refractivity contribution is 7.80. The Morgan fingerprint density at radius 1 is 0.426 bits per heavy atom. The number of thiol groups is 2. The van der Waals surface area contributed by atoms with Gasteiger partial charge in [0.15, 0.2) is 11.6 Å². The first-order chi connectivity index (χ1) is 45.1. The molecule has 3 heterocycles. The molecule has 4 atom stereocenters. The second-order valence-corrected chi connectivity index (χ2v) is 25.0. The molecule has 0 unspecified atom stereocenters. The van der Waals surface area contributed by atoms with E-state index in [0.29, 0.717) is 77.4 Å². The number of nitrogens with two attached hydrogens (primary N) is 2. The Balaban J connectivity index is 0.000000683. The SMILES string of the molecule is CC.CC12CNCCNCC(NC(=O)CCCC(=O)N[C@@H](Cc3ccc(O)cc3)C(=O)CCCCCCC(=O)N[C@@H](CS)C(N)=O)(CNCCNC1)CNCCNC2.CNC(=O)CCCC(=O)N[C@@H](Cc1ccc(O)cc1)C(=O)CCCCCCC(=O)N[C@@H](CS)C(N)=O. The monoisotopic (exact) mass is 1360 g/mol. The Bertz CT molecular complexity index is 2550. The third-order valence-electron chi connectivity index (χ3n) is 15.9. The summed E-state index contributed by atoms with van der Waals surface area (Å²) in [5.41, 5.74) is 11.5. The van der Waals surface area contributed by atoms with E-state index in [1.807, 2.05) is 13.8 Å². The third kappa shape index (κ3) is 37.6. The maximum atomic E-state index is 13.4. The zero-order valence-corrected chi connectivity index (χ0v) is 57.8. The number of aromatic hydroxyl groups is 2. The van der Waals surface area contributed by atoms with Gasteiger partial charge in [-0.15, -0.1) is 0 Å². The Labute approximate surface area is 567 Å². The van der Waals surface area contributed by atoms with Crippen LogP contribution in [0.4, 0.5) is 0 Å². The van der Waals surface area contributed by atoms with Crippen LogP contribution in [0.5, 0.6) is 11.5 Å². The first-order valence-corrected chi connectivity index (χ1v) is 34.7. The third-order valence-corrected chi connectivity index (χ3v) is 16.6. The molecule has 3 aliphatic rings. The number of phenolic OH excluding ortho intramolecular Hbond substituents is 2. The molecule has 18 N–H and O–H groups in total. The van der Waals surface area contributed by atoms with Crippen LogP contribution in [-0.4, -0.2) is 196 Å². The first-order valence-electron chi connectivity index (χ1n) is 33.4. The molecular formula is C66H112N14O12S2. The lowest BCUT2D eigenvalue weighted by Crippen LogP contribution is -2.66. The number of unbranched alkanes of at least 4 members (excludes halogenated alkanes) is 6. The Kier molecular flexibility index (Phi) is 43.8. The number of carbonyl (C=O) groups excluding carboxylic acids is 10. The summed E-state index contributed by atoms with van der Waals surface area (Å²) in [5, 5.41) is 57.2. The molecule has 0 aromatic heterocycles. The van der Waals surface area contributed by atoms with E-state index in [0.717, 1.165) is 82.9 Å². The number of phenols is 2. The van der Waals surface area contributed by atoms with Crippen LogP contribution in [0.25, 0.3) is 0 Å². The molecule has 5 rings (SSSR count). The summed E-state index contributed by atoms with van der Waals surface area (Å²) in [7, 11) is 1.53. The van der Waals surface area contributed by atoms with Crippen molar-refractivity contribution in [2.75, 3.05) is 97.1 Å². The van der Waals surface area contributed by atoms with Crippen LogP contribution in [0.1, 0.15) is 147 Å². The normalized spacial score (nSPS) is 18.1. The number of fused-ring (bicyclic) bond motifs is 15. The second kappa shape index (κ2) is 49.2. The number of rotatable bonds is 37. The minimum absolute atomic E-state index is 0.0857. The number of primary amides is 2. The van der Waals surface area contributed by atoms with Crippen molar-refractivity contribution in [2.24, 2.45) is 16.9 Å². The van der Waals surface area contributed by atoms with Crippen molar-refractivity contribution in [3.63, 3.8) is 0 Å². The average molecular weight is 1360 g/mol. The number of Topliss-reactive ketones (excluding diaryl/α,β-unsaturated/α-hetero) is 2. The summed E-state index contributed by atoms with van der Waals surface area (Å²) < 4.78 is 0. The van der Waals surface area contributed by atoms with Crippen LogP contribution < -0.4 is 75.3 Å². The maximum Gasteiger partial charge on any atom is 0.240 e. The van der Waals surface area contributed by atoms with Crippen molar-refractivity contribution in [1.82, 2.24) is 63.8 Å². The fourth-order valence-electron chi connectivity index (χ4n) is 10.4. The zero-order chi connectivity index (χ0) is 69.6. The summed E-state index contributed by atoms with van der Waals surface area (Å²) in [4.78, 5) is 123. The predicted molar refractivity (Wildman–Crippen MR) is 372 cm³/mol. The summed E-state index contributed by atoms with van der Waals surface area (Å²) in [6, 6.07) is 9.94. The number of hydrogen-bond acceptors (Lipinski definition) is 20. The van der Waals surface area contributed by atoms with E-state index < -0.39 is 41.5 Å². The fraction of sp³-hybridized carbons (Fsp3) is 0.667. The van der Waals surface area contributed by atoms with Gasteiger partial charge in [-0.3, -0.25) is 47.9 Å². The van der Waals surface area contributed by atoms with E-state index >= 15 is 0 Å². The number of hydrogen-bond donors (Lipinski definition) is 18. The minimum atomic E-state index is -0.806. The fourth-order valence-corrected chi connectivity index (χ4v) is 11.0. The van der Waals surface area contributed by atoms with Gasteiger partial charge in [-0.2, -0.15) is 25.3 Å². The van der Waals surface area contributed by atoms with E-state index in [4.69, 9.17) is 11.5 Å². The topological polar surface area (TPSA) is 408 Å². The van der Waals surface area contributed by atoms with Gasteiger partial charge in [-0.1, -0.05) is 70.7 Å². The van der Waals surface area contributed by atoms with Crippen LogP contribution in [0.2, 0.25) is 0 Å². The molecule has 0 aliphatic carbocycles. The number of amides is 8. The number of ketones is 2. The molecule has 0 saturated carbocycles. The Hall–Kier alpha value is -6.40. The smallest absolute Gasteiger partial charge is 0.240 e. The summed E-state index contributed by atoms with van der Waals surface area (Å²) >= 11 is 8.02. The van der Waals surface area contributed by atoms with Crippen LogP contribution in [0, 0.1) is 5.41 Å². The standard InChI is InChI=1S/C39H68N10O6S.C25H38N4O6S.C2H6/c1-38-23-41-15-18-44-26-39(27-45-19-16-42-24-38,28-46-20-17-43-25-38)49-36(54)10-6-9-35(53)47-31(21-29-11-13-30(50)14-12-29)33(51)7-4-2-3-5-8-34(52)48-32(22-56)37(40)55;1-27-22(32)9-6-10-24(34)28-19(15-17-11-13-18(30)14-12-17)21(31)7-4-2-3-5-8-23(33)29-20(16-36)25(26)35;1-2/h11-14,31-32,41-46,50,56H,2-10,15-28H2,1H3,(H2,40,55)(H,47,53)(H,48,52)(H,49,54);11-14,19-20,30,36H,2-10,15-16H2,1H3,(H2,26,35)(H,27,32)(H,28,34)(H,29,33);1-2H3/t31-,32-,38?,39?;19-,20-;/m00./s1. The molecule has 3 saturated heterocycles. The molecule has 0 spiro atoms. The largest absolute Gasteiger partial charge is 0.508 e. The van der Waals surface area contributed by atoms with E-state index in [2.05, 4.69) is 96.0 Å². The van der Waals surface area contributed by atoms with Gasteiger partial charge >= 0.3 is 0 Å². The molecule has 26 nitrogen and oxygen atoms in total. The molecule has 28 heteroatoms. The van der Waals surface area contributed by atoms with E-state index in [1.165, 1.54) is 19.2 Å². The average Bonchev–Trinajstić information content (AvgIpc) is 1.07. The van der Waals surface area contributed by atoms with Crippen molar-refractivity contribution >= 4 is 84.1 Å². The summed E-state index contributed by atoms with van der Waals surface area (Å²) in [5.74, 6) is -2.40. The lowest BCUT2D eigenvalue weighted by atomic mass is 9.90. The molecule has 94 heavy (non-hydrogen) atoms. The first kappa shape index (κ1) is 83.7. The van der Waals surface area contributed by atoms with Crippen molar-refractivity contribution in [3.05, 3.63) is 59.7 Å². The van der Waals surface area contributed by atoms with Gasteiger partial charge in [0.25, 0.3) is 0 Å². The highest BCUT2D eigenvalue weighted by Crippen LogP contribution is 2.18. The lowest BCUT2D eigenvalue weighted by molar-refractivity contribution is -0.128. The Morgan fingerprint density at radius 2 is 0.713 bits per heavy atom. The number of nitrogens with one attached hydrogen (secondary N) is 12. The van der Waals surface area contributed by atoms with Gasteiger partial charge in [0, 0.05) is 154 Å². The lowest BCUT2D eigenvalue weighted by Gasteiger charge is -2.37. The van der Waals surface area contributed by atoms with E-state index in [9.17, 15) is 58.2 Å². The van der Waals surface area contributed by atoms with Gasteiger partial charge in [0.2, 0.25) is 47.3 Å². The van der Waals surface area contributed by atoms with Crippen molar-refractivity contribution < 1.29 is 58.2 Å². The zero-order valence-electron chi connectivity index (χ0n) is 56.0. The van der Waals surface area contributed by atoms with Crippen LogP contribution in [0.15, 0.2) is 48.5 Å². The maximum absolute atomic E-state index is 13.4. The van der Waals surface area contributed by atoms with E-state index in [-0.39, 0.29) is 133 Å². The second-order valence-electron chi connectivity index (χ2n) is 24.2. The van der Waals surface area contributed by atoms with Gasteiger partial charge in [0.1, 0.15) is 23.6 Å². The number of benzene rings is 2. The predicted octanol–water partition coefficient (Wildman–Crippen LogP) is 0.997. The molecule has 2 bridgehead atoms. The van der Waals surface area contributed by atoms with Crippen molar-refractivity contribution in [2.45, 2.75) is 179 Å². The van der Waals surface area contributed by atoms with Crippen LogP contribution in [-0.2, 0) is 60.8 Å². The quantitative estimate of drug-likeness (QED) is 0.0331. The molecule has 3 aliphatic heterocycles. The van der Waals surface area contributed by atoms with Crippen LogP contribution >= 0.6 is 25.3 Å². The van der Waals surface area contributed by atoms with Gasteiger partial charge in [-0.25, -0.2) is 0 Å². The summed E-state index contributed by atoms with van der Waals surface area (Å²) in [6.07, 6.45) is 8.20. The molecule has 530 valence electrons. The molecule has 8 amide bonds. The molecule has 0 radical (unpaired) electrons. The van der Waals surface area contributed by atoms with Gasteiger partial charge in [-0.05, 0) is 86.8 Å². The Morgan fingerprint density at radius 3 is 1.03 bits per heavy atom. The highest BCUT2D eigenvalue weighted by Gasteiger charge is 2.33. The van der Waals surface area contributed by atoms with E-state index in [1.54, 1.807) is 36.4 Å². The molecule has 2 aromatic rings. The highest BCUT2D eigenvalue weighted by atomic mass is 32.1. The minimum Gasteiger partial charge on any atom is -0.508 e. The van der Waals surface area contributed by atoms with Crippen molar-refractivity contribution in [1.29, 1.82) is 0 Å². The van der Waals surface area contributed by atoms with Crippen molar-refractivity contribution in [3.8, 4) is 11.5 Å². The van der Waals surface area contributed by atoms with Gasteiger partial charge < -0.3 is 85.5 Å². The molecule has 2 aromatic carbocycles. The molecular weight excluding hydrogens is 1240 g/mol.